The van der Waals surface area contributed by atoms with Crippen LogP contribution in [0.2, 0.25) is 5.02 Å². The second-order valence-corrected chi connectivity index (χ2v) is 5.26. The van der Waals surface area contributed by atoms with Crippen molar-refractivity contribution < 1.29 is 4.74 Å². The van der Waals surface area contributed by atoms with Crippen molar-refractivity contribution in [3.8, 4) is 5.75 Å². The first-order valence-corrected chi connectivity index (χ1v) is 6.87. The minimum Gasteiger partial charge on any atom is -0.492 e. The standard InChI is InChI=1S/C16H16ClNO/c17-14-7-5-12(6-8-14)9-15-11-19-16-4-2-1-3-13(16)10-18-15/h1-8,15,18H,9-11H2/t15-/m0/s1. The molecule has 0 radical (unpaired) electrons. The van der Waals surface area contributed by atoms with Crippen molar-refractivity contribution in [3.05, 3.63) is 64.7 Å². The van der Waals surface area contributed by atoms with Gasteiger partial charge in [0.2, 0.25) is 0 Å². The Morgan fingerprint density at radius 1 is 1.11 bits per heavy atom. The molecule has 98 valence electrons. The maximum atomic E-state index is 5.90. The van der Waals surface area contributed by atoms with Crippen LogP contribution in [0.15, 0.2) is 48.5 Å². The van der Waals surface area contributed by atoms with Gasteiger partial charge in [0.1, 0.15) is 12.4 Å². The molecule has 2 nitrogen and oxygen atoms in total. The molecule has 19 heavy (non-hydrogen) atoms. The van der Waals surface area contributed by atoms with Gasteiger partial charge in [-0.15, -0.1) is 0 Å². The van der Waals surface area contributed by atoms with Crippen molar-refractivity contribution in [1.82, 2.24) is 5.32 Å². The molecule has 3 heteroatoms. The summed E-state index contributed by atoms with van der Waals surface area (Å²) in [5.41, 5.74) is 2.50. The summed E-state index contributed by atoms with van der Waals surface area (Å²) in [5, 5.41) is 4.32. The van der Waals surface area contributed by atoms with Crippen molar-refractivity contribution in [3.63, 3.8) is 0 Å². The van der Waals surface area contributed by atoms with E-state index < -0.39 is 0 Å². The Morgan fingerprint density at radius 2 is 1.89 bits per heavy atom. The zero-order valence-electron chi connectivity index (χ0n) is 10.6. The summed E-state index contributed by atoms with van der Waals surface area (Å²) in [6.07, 6.45) is 0.950. The average molecular weight is 274 g/mol. The molecule has 1 N–H and O–H groups in total. The third kappa shape index (κ3) is 3.09. The number of para-hydroxylation sites is 1. The van der Waals surface area contributed by atoms with Crippen LogP contribution in [0.5, 0.6) is 5.75 Å². The van der Waals surface area contributed by atoms with Gasteiger partial charge in [-0.2, -0.15) is 0 Å². The Bertz CT molecular complexity index is 526. The van der Waals surface area contributed by atoms with Gasteiger partial charge >= 0.3 is 0 Å². The molecule has 0 aromatic heterocycles. The molecule has 0 unspecified atom stereocenters. The summed E-state index contributed by atoms with van der Waals surface area (Å²) >= 11 is 5.90. The van der Waals surface area contributed by atoms with E-state index in [0.29, 0.717) is 12.6 Å². The van der Waals surface area contributed by atoms with E-state index in [1.54, 1.807) is 0 Å². The Balaban J connectivity index is 1.67. The van der Waals surface area contributed by atoms with Crippen LogP contribution in [0, 0.1) is 0 Å². The van der Waals surface area contributed by atoms with Gasteiger partial charge in [0.15, 0.2) is 0 Å². The molecule has 0 spiro atoms. The van der Waals surface area contributed by atoms with E-state index in [1.807, 2.05) is 30.3 Å². The molecular weight excluding hydrogens is 258 g/mol. The predicted octanol–water partition coefficient (Wildman–Crippen LogP) is 3.43. The van der Waals surface area contributed by atoms with E-state index in [2.05, 4.69) is 23.5 Å². The van der Waals surface area contributed by atoms with Gasteiger partial charge in [-0.3, -0.25) is 0 Å². The third-order valence-electron chi connectivity index (χ3n) is 3.39. The maximum absolute atomic E-state index is 5.90. The summed E-state index contributed by atoms with van der Waals surface area (Å²) in [4.78, 5) is 0. The molecule has 0 aliphatic carbocycles. The molecule has 0 bridgehead atoms. The van der Waals surface area contributed by atoms with Crippen LogP contribution in [0.3, 0.4) is 0 Å². The lowest BCUT2D eigenvalue weighted by Gasteiger charge is -2.15. The topological polar surface area (TPSA) is 21.3 Å². The number of hydrogen-bond acceptors (Lipinski definition) is 2. The van der Waals surface area contributed by atoms with E-state index in [1.165, 1.54) is 11.1 Å². The number of nitrogens with one attached hydrogen (secondary N) is 1. The molecule has 1 aliphatic rings. The smallest absolute Gasteiger partial charge is 0.123 e. The number of fused-ring (bicyclic) bond motifs is 1. The second kappa shape index (κ2) is 5.64. The average Bonchev–Trinajstić information content (AvgIpc) is 2.64. The van der Waals surface area contributed by atoms with Gasteiger partial charge in [0.25, 0.3) is 0 Å². The summed E-state index contributed by atoms with van der Waals surface area (Å²) < 4.78 is 5.87. The lowest BCUT2D eigenvalue weighted by Crippen LogP contribution is -2.34. The van der Waals surface area contributed by atoms with E-state index >= 15 is 0 Å². The first-order valence-electron chi connectivity index (χ1n) is 6.50. The minimum absolute atomic E-state index is 0.327. The van der Waals surface area contributed by atoms with Crippen molar-refractivity contribution in [2.24, 2.45) is 0 Å². The van der Waals surface area contributed by atoms with Crippen LogP contribution in [0.1, 0.15) is 11.1 Å². The molecule has 2 aromatic carbocycles. The molecule has 0 amide bonds. The third-order valence-corrected chi connectivity index (χ3v) is 3.64. The van der Waals surface area contributed by atoms with Gasteiger partial charge in [-0.1, -0.05) is 41.9 Å². The Labute approximate surface area is 118 Å². The molecule has 1 atom stereocenters. The normalized spacial score (nSPS) is 18.3. The Hall–Kier alpha value is -1.51. The zero-order chi connectivity index (χ0) is 13.1. The summed E-state index contributed by atoms with van der Waals surface area (Å²) in [6, 6.07) is 16.5. The van der Waals surface area contributed by atoms with E-state index in [9.17, 15) is 0 Å². The van der Waals surface area contributed by atoms with E-state index in [0.717, 1.165) is 23.7 Å². The van der Waals surface area contributed by atoms with Crippen molar-refractivity contribution >= 4 is 11.6 Å². The highest BCUT2D eigenvalue weighted by molar-refractivity contribution is 6.30. The highest BCUT2D eigenvalue weighted by Gasteiger charge is 2.16. The summed E-state index contributed by atoms with van der Waals surface area (Å²) in [7, 11) is 0. The molecule has 3 rings (SSSR count). The Morgan fingerprint density at radius 3 is 2.74 bits per heavy atom. The van der Waals surface area contributed by atoms with Crippen LogP contribution in [0.25, 0.3) is 0 Å². The zero-order valence-corrected chi connectivity index (χ0v) is 11.4. The van der Waals surface area contributed by atoms with Gasteiger partial charge in [-0.05, 0) is 30.2 Å². The lowest BCUT2D eigenvalue weighted by molar-refractivity contribution is 0.277. The van der Waals surface area contributed by atoms with Gasteiger partial charge < -0.3 is 10.1 Å². The highest BCUT2D eigenvalue weighted by atomic mass is 35.5. The number of halogens is 1. The minimum atomic E-state index is 0.327. The number of rotatable bonds is 2. The number of benzene rings is 2. The SMILES string of the molecule is Clc1ccc(C[C@H]2COc3ccccc3CN2)cc1. The monoisotopic (exact) mass is 273 g/mol. The molecule has 0 saturated heterocycles. The summed E-state index contributed by atoms with van der Waals surface area (Å²) in [6.45, 7) is 1.55. The molecule has 1 aliphatic heterocycles. The van der Waals surface area contributed by atoms with E-state index in [-0.39, 0.29) is 0 Å². The predicted molar refractivity (Wildman–Crippen MR) is 77.7 cm³/mol. The number of hydrogen-bond donors (Lipinski definition) is 1. The first-order chi connectivity index (χ1) is 9.31. The largest absolute Gasteiger partial charge is 0.492 e. The van der Waals surface area contributed by atoms with Crippen LogP contribution in [0.4, 0.5) is 0 Å². The molecule has 0 fully saturated rings. The van der Waals surface area contributed by atoms with Gasteiger partial charge in [0.05, 0.1) is 0 Å². The molecule has 0 saturated carbocycles. The molecule has 2 aromatic rings. The second-order valence-electron chi connectivity index (χ2n) is 4.83. The van der Waals surface area contributed by atoms with Crippen molar-refractivity contribution in [1.29, 1.82) is 0 Å². The van der Waals surface area contributed by atoms with Gasteiger partial charge in [-0.25, -0.2) is 0 Å². The quantitative estimate of drug-likeness (QED) is 0.905. The van der Waals surface area contributed by atoms with Crippen LogP contribution < -0.4 is 10.1 Å². The highest BCUT2D eigenvalue weighted by Crippen LogP contribution is 2.21. The lowest BCUT2D eigenvalue weighted by atomic mass is 10.1. The van der Waals surface area contributed by atoms with Crippen molar-refractivity contribution in [2.75, 3.05) is 6.61 Å². The Kier molecular flexibility index (Phi) is 3.72. The maximum Gasteiger partial charge on any atom is 0.123 e. The molecule has 1 heterocycles. The first kappa shape index (κ1) is 12.5. The van der Waals surface area contributed by atoms with Crippen molar-refractivity contribution in [2.45, 2.75) is 19.0 Å². The fourth-order valence-electron chi connectivity index (χ4n) is 2.33. The van der Waals surface area contributed by atoms with Crippen LogP contribution >= 0.6 is 11.6 Å². The summed E-state index contributed by atoms with van der Waals surface area (Å²) in [5.74, 6) is 0.994. The fourth-order valence-corrected chi connectivity index (χ4v) is 2.46. The fraction of sp³-hybridized carbons (Fsp3) is 0.250. The van der Waals surface area contributed by atoms with E-state index in [4.69, 9.17) is 16.3 Å². The van der Waals surface area contributed by atoms with Gasteiger partial charge in [0, 0.05) is 23.2 Å². The molecular formula is C16H16ClNO. The van der Waals surface area contributed by atoms with Crippen LogP contribution in [-0.2, 0) is 13.0 Å². The van der Waals surface area contributed by atoms with Crippen LogP contribution in [-0.4, -0.2) is 12.6 Å². The number of ether oxygens (including phenoxy) is 1.